The summed E-state index contributed by atoms with van der Waals surface area (Å²) in [5.41, 5.74) is 3.21. The zero-order valence-corrected chi connectivity index (χ0v) is 23.6. The van der Waals surface area contributed by atoms with E-state index in [-0.39, 0.29) is 39.6 Å². The van der Waals surface area contributed by atoms with Crippen molar-refractivity contribution in [2.45, 2.75) is 0 Å². The number of carbonyl (C=O) groups excluding carboxylic acids is 3. The lowest BCUT2D eigenvalue weighted by atomic mass is 10.1. The van der Waals surface area contributed by atoms with Crippen LogP contribution in [0.25, 0.3) is 0 Å². The van der Waals surface area contributed by atoms with Crippen LogP contribution in [0.3, 0.4) is 0 Å². The Morgan fingerprint density at radius 3 is 0.953 bits per heavy atom. The summed E-state index contributed by atoms with van der Waals surface area (Å²) in [6, 6.07) is 20.5. The molecule has 224 valence electrons. The van der Waals surface area contributed by atoms with Gasteiger partial charge in [-0.15, -0.1) is 0 Å². The summed E-state index contributed by atoms with van der Waals surface area (Å²) in [5.74, 6) is -1.48. The minimum atomic E-state index is -0.492. The van der Waals surface area contributed by atoms with Crippen LogP contribution in [-0.4, -0.2) is 57.5 Å². The molecule has 3 aromatic rings. The first kappa shape index (κ1) is 32.0. The van der Waals surface area contributed by atoms with Gasteiger partial charge in [-0.3, -0.25) is 0 Å². The third-order valence-corrected chi connectivity index (χ3v) is 5.74. The lowest BCUT2D eigenvalue weighted by Gasteiger charge is -2.26. The second-order valence-electron chi connectivity index (χ2n) is 8.50. The van der Waals surface area contributed by atoms with Crippen LogP contribution in [0.2, 0.25) is 0 Å². The second kappa shape index (κ2) is 17.3. The quantitative estimate of drug-likeness (QED) is 0.0749. The van der Waals surface area contributed by atoms with Crippen molar-refractivity contribution in [1.29, 1.82) is 0 Å². The molecule has 3 aromatic carbocycles. The lowest BCUT2D eigenvalue weighted by molar-refractivity contribution is 0.0414. The molecule has 0 aliphatic carbocycles. The number of rotatable bonds is 18. The second-order valence-corrected chi connectivity index (χ2v) is 8.50. The van der Waals surface area contributed by atoms with Gasteiger partial charge in [0.25, 0.3) is 0 Å². The molecule has 0 atom stereocenters. The van der Waals surface area contributed by atoms with Crippen LogP contribution in [0, 0.1) is 0 Å². The maximum atomic E-state index is 12.4. The summed E-state index contributed by atoms with van der Waals surface area (Å²) in [4.78, 5) is 39.2. The van der Waals surface area contributed by atoms with Crippen LogP contribution in [0.5, 0.6) is 0 Å². The van der Waals surface area contributed by atoms with E-state index in [2.05, 4.69) is 19.7 Å². The molecule has 0 radical (unpaired) electrons. The summed E-state index contributed by atoms with van der Waals surface area (Å²) >= 11 is 0. The fourth-order valence-electron chi connectivity index (χ4n) is 3.73. The van der Waals surface area contributed by atoms with Gasteiger partial charge in [0.05, 0.1) is 35.5 Å². The number of ether oxygens (including phenoxy) is 6. The number of esters is 3. The van der Waals surface area contributed by atoms with Gasteiger partial charge in [0, 0.05) is 17.1 Å². The zero-order chi connectivity index (χ0) is 30.9. The Labute approximate surface area is 250 Å². The molecule has 0 aromatic heterocycles. The minimum absolute atomic E-state index is 0.0882. The maximum Gasteiger partial charge on any atom is 0.338 e. The number of benzene rings is 3. The van der Waals surface area contributed by atoms with E-state index in [1.54, 1.807) is 72.8 Å². The number of nitrogens with zero attached hydrogens (tertiary/aromatic N) is 1. The first-order valence-corrected chi connectivity index (χ1v) is 13.3. The fraction of sp³-hybridized carbons (Fsp3) is 0.182. The number of hydrogen-bond donors (Lipinski definition) is 0. The monoisotopic (exact) mass is 587 g/mol. The summed E-state index contributed by atoms with van der Waals surface area (Å²) in [5, 5.41) is 0. The topological polar surface area (TPSA) is 110 Å². The van der Waals surface area contributed by atoms with Gasteiger partial charge in [-0.1, -0.05) is 19.7 Å². The van der Waals surface area contributed by atoms with Gasteiger partial charge >= 0.3 is 17.9 Å². The van der Waals surface area contributed by atoms with Crippen molar-refractivity contribution in [2.24, 2.45) is 0 Å². The van der Waals surface area contributed by atoms with E-state index >= 15 is 0 Å². The van der Waals surface area contributed by atoms with Crippen molar-refractivity contribution in [2.75, 3.05) is 44.5 Å². The largest absolute Gasteiger partial charge is 0.498 e. The predicted octanol–water partition coefficient (Wildman–Crippen LogP) is 6.11. The molecule has 0 heterocycles. The Balaban J connectivity index is 1.84. The highest BCUT2D eigenvalue weighted by Crippen LogP contribution is 2.35. The molecular formula is C33H33NO9. The van der Waals surface area contributed by atoms with E-state index in [0.717, 1.165) is 0 Å². The summed E-state index contributed by atoms with van der Waals surface area (Å²) in [6.45, 7) is 11.2. The maximum absolute atomic E-state index is 12.4. The molecule has 0 N–H and O–H groups in total. The summed E-state index contributed by atoms with van der Waals surface area (Å²) in [7, 11) is 0. The normalized spacial score (nSPS) is 10.0. The van der Waals surface area contributed by atoms with Gasteiger partial charge in [0.2, 0.25) is 0 Å². The van der Waals surface area contributed by atoms with Crippen LogP contribution in [0.1, 0.15) is 31.1 Å². The SMILES string of the molecule is C=COCCOC(=O)c1ccc(N(c2ccc(C(=O)OCCOC=C)cc2)c2ccc(C(=O)OCCOC=C)cc2)cc1. The summed E-state index contributed by atoms with van der Waals surface area (Å²) in [6.07, 6.45) is 3.84. The molecule has 0 saturated heterocycles. The van der Waals surface area contributed by atoms with Crippen molar-refractivity contribution in [3.63, 3.8) is 0 Å². The molecule has 43 heavy (non-hydrogen) atoms. The van der Waals surface area contributed by atoms with Gasteiger partial charge in [0.1, 0.15) is 39.6 Å². The zero-order valence-electron chi connectivity index (χ0n) is 23.6. The van der Waals surface area contributed by atoms with E-state index in [4.69, 9.17) is 28.4 Å². The number of anilines is 3. The standard InChI is InChI=1S/C33H33NO9/c1-4-38-19-22-41-31(35)25-7-13-28(14-8-25)34(29-15-9-26(10-16-29)32(36)42-23-20-39-5-2)30-17-11-27(12-18-30)33(37)43-24-21-40-6-3/h4-18H,1-3,19-24H2. The van der Waals surface area contributed by atoms with E-state index in [9.17, 15) is 14.4 Å². The Kier molecular flexibility index (Phi) is 12.9. The van der Waals surface area contributed by atoms with Crippen LogP contribution < -0.4 is 4.90 Å². The third-order valence-electron chi connectivity index (χ3n) is 5.74. The van der Waals surface area contributed by atoms with E-state index < -0.39 is 17.9 Å². The number of hydrogen-bond acceptors (Lipinski definition) is 10. The highest BCUT2D eigenvalue weighted by atomic mass is 16.6. The van der Waals surface area contributed by atoms with Crippen molar-refractivity contribution in [3.05, 3.63) is 128 Å². The van der Waals surface area contributed by atoms with Gasteiger partial charge < -0.3 is 33.3 Å². The van der Waals surface area contributed by atoms with Gasteiger partial charge in [0.15, 0.2) is 0 Å². The van der Waals surface area contributed by atoms with Crippen LogP contribution in [-0.2, 0) is 28.4 Å². The van der Waals surface area contributed by atoms with Crippen LogP contribution >= 0.6 is 0 Å². The van der Waals surface area contributed by atoms with Gasteiger partial charge in [-0.2, -0.15) is 0 Å². The average Bonchev–Trinajstić information content (AvgIpc) is 3.04. The van der Waals surface area contributed by atoms with Gasteiger partial charge in [-0.25, -0.2) is 14.4 Å². The molecule has 10 nitrogen and oxygen atoms in total. The molecule has 0 unspecified atom stereocenters. The fourth-order valence-corrected chi connectivity index (χ4v) is 3.73. The highest BCUT2D eigenvalue weighted by Gasteiger charge is 2.17. The Bertz CT molecular complexity index is 1200. The first-order chi connectivity index (χ1) is 21.0. The molecule has 3 rings (SSSR count). The molecule has 0 fully saturated rings. The van der Waals surface area contributed by atoms with Gasteiger partial charge in [-0.05, 0) is 72.8 Å². The molecule has 0 spiro atoms. The molecule has 0 bridgehead atoms. The van der Waals surface area contributed by atoms with Crippen molar-refractivity contribution in [1.82, 2.24) is 0 Å². The van der Waals surface area contributed by atoms with E-state index in [1.807, 2.05) is 4.90 Å². The van der Waals surface area contributed by atoms with E-state index in [1.165, 1.54) is 18.8 Å². The molecule has 0 saturated carbocycles. The van der Waals surface area contributed by atoms with Crippen LogP contribution in [0.15, 0.2) is 111 Å². The molecule has 0 aliphatic rings. The van der Waals surface area contributed by atoms with Crippen molar-refractivity contribution >= 4 is 35.0 Å². The smallest absolute Gasteiger partial charge is 0.338 e. The molecule has 10 heteroatoms. The van der Waals surface area contributed by atoms with Crippen LogP contribution in [0.4, 0.5) is 17.1 Å². The van der Waals surface area contributed by atoms with Crippen molar-refractivity contribution < 1.29 is 42.8 Å². The molecular weight excluding hydrogens is 554 g/mol. The first-order valence-electron chi connectivity index (χ1n) is 13.3. The lowest BCUT2D eigenvalue weighted by Crippen LogP contribution is -2.13. The molecule has 0 aliphatic heterocycles. The Morgan fingerprint density at radius 2 is 0.721 bits per heavy atom. The Morgan fingerprint density at radius 1 is 0.465 bits per heavy atom. The minimum Gasteiger partial charge on any atom is -0.498 e. The van der Waals surface area contributed by atoms with Crippen molar-refractivity contribution in [3.8, 4) is 0 Å². The molecule has 0 amide bonds. The third kappa shape index (κ3) is 9.82. The Hall–Kier alpha value is -5.51. The highest BCUT2D eigenvalue weighted by molar-refractivity contribution is 5.92. The predicted molar refractivity (Wildman–Crippen MR) is 160 cm³/mol. The summed E-state index contributed by atoms with van der Waals surface area (Å²) < 4.78 is 30.6. The number of carbonyl (C=O) groups is 3. The average molecular weight is 588 g/mol. The van der Waals surface area contributed by atoms with E-state index in [0.29, 0.717) is 33.8 Å².